The van der Waals surface area contributed by atoms with Crippen LogP contribution in [0.4, 0.5) is 26.3 Å². The second-order valence-electron chi connectivity index (χ2n) is 14.4. The van der Waals surface area contributed by atoms with Crippen LogP contribution in [0.3, 0.4) is 0 Å². The highest BCUT2D eigenvalue weighted by Crippen LogP contribution is 2.39. The van der Waals surface area contributed by atoms with Gasteiger partial charge in [-0.2, -0.15) is 36.1 Å². The third kappa shape index (κ3) is 10.9. The summed E-state index contributed by atoms with van der Waals surface area (Å²) in [6.45, 7) is 3.16. The number of fused-ring (bicyclic) bond motifs is 2. The topological polar surface area (TPSA) is 118 Å². The van der Waals surface area contributed by atoms with E-state index >= 15 is 0 Å². The summed E-state index contributed by atoms with van der Waals surface area (Å²) in [5, 5.41) is 11.0. The van der Waals surface area contributed by atoms with E-state index in [1.807, 2.05) is 13.8 Å². The summed E-state index contributed by atoms with van der Waals surface area (Å²) in [7, 11) is 0. The summed E-state index contributed by atoms with van der Waals surface area (Å²) in [6.07, 6.45) is -4.59. The minimum atomic E-state index is -4.70. The van der Waals surface area contributed by atoms with Crippen molar-refractivity contribution in [3.8, 4) is 33.8 Å². The molecule has 0 radical (unpaired) electrons. The SMILES string of the molecule is CCCCCc1ccc(-c2cc3ccc(OOCC(O)COOc4ccc5cc(-c6ccc(CCCCC)cc6C(F)(F)F)c(=O)oc5c4)cc3oc2=O)c(C(F)(F)F)c1. The van der Waals surface area contributed by atoms with Gasteiger partial charge < -0.3 is 23.7 Å². The zero-order chi connectivity index (χ0) is 43.0. The molecule has 9 nitrogen and oxygen atoms in total. The fourth-order valence-electron chi connectivity index (χ4n) is 6.66. The van der Waals surface area contributed by atoms with Gasteiger partial charge >= 0.3 is 23.6 Å². The fraction of sp³-hybridized carbons (Fsp3) is 0.333. The van der Waals surface area contributed by atoms with Crippen molar-refractivity contribution in [2.75, 3.05) is 13.2 Å². The molecule has 15 heteroatoms. The Labute approximate surface area is 339 Å². The lowest BCUT2D eigenvalue weighted by atomic mass is 9.95. The first-order chi connectivity index (χ1) is 28.6. The maximum absolute atomic E-state index is 14.1. The molecule has 6 rings (SSSR count). The van der Waals surface area contributed by atoms with Gasteiger partial charge in [0.05, 0.1) is 22.3 Å². The van der Waals surface area contributed by atoms with E-state index in [1.165, 1.54) is 60.7 Å². The van der Waals surface area contributed by atoms with E-state index in [0.29, 0.717) is 34.7 Å². The number of aryl methyl sites for hydroxylation is 2. The van der Waals surface area contributed by atoms with Crippen LogP contribution in [-0.4, -0.2) is 24.4 Å². The van der Waals surface area contributed by atoms with Gasteiger partial charge in [-0.15, -0.1) is 0 Å². The fourth-order valence-corrected chi connectivity index (χ4v) is 6.66. The minimum Gasteiger partial charge on any atom is -0.422 e. The normalized spacial score (nSPS) is 12.2. The maximum atomic E-state index is 14.1. The van der Waals surface area contributed by atoms with Crippen LogP contribution in [0.1, 0.15) is 74.6 Å². The minimum absolute atomic E-state index is 0.0206. The van der Waals surface area contributed by atoms with Crippen molar-refractivity contribution in [2.45, 2.75) is 83.7 Å². The van der Waals surface area contributed by atoms with Crippen LogP contribution in [0.15, 0.2) is 103 Å². The lowest BCUT2D eigenvalue weighted by Crippen LogP contribution is -2.23. The van der Waals surface area contributed by atoms with Crippen LogP contribution >= 0.6 is 0 Å². The molecule has 1 N–H and O–H groups in total. The molecule has 0 fully saturated rings. The largest absolute Gasteiger partial charge is 0.422 e. The number of hydrogen-bond acceptors (Lipinski definition) is 9. The van der Waals surface area contributed by atoms with Crippen LogP contribution in [0.5, 0.6) is 11.5 Å². The van der Waals surface area contributed by atoms with Crippen molar-refractivity contribution in [1.29, 1.82) is 0 Å². The molecule has 2 heterocycles. The van der Waals surface area contributed by atoms with Crippen LogP contribution in [0.25, 0.3) is 44.2 Å². The number of aliphatic hydroxyl groups excluding tert-OH is 1. The molecule has 2 aromatic heterocycles. The molecule has 0 spiro atoms. The molecule has 0 amide bonds. The van der Waals surface area contributed by atoms with Gasteiger partial charge in [0.25, 0.3) is 0 Å². The van der Waals surface area contributed by atoms with Gasteiger partial charge in [0, 0.05) is 34.0 Å². The zero-order valence-corrected chi connectivity index (χ0v) is 32.7. The number of hydrogen-bond donors (Lipinski definition) is 1. The predicted molar refractivity (Wildman–Crippen MR) is 211 cm³/mol. The number of rotatable bonds is 18. The molecule has 0 unspecified atom stereocenters. The molecule has 0 aliphatic heterocycles. The highest BCUT2D eigenvalue weighted by Gasteiger charge is 2.36. The number of aliphatic hydroxyl groups is 1. The highest BCUT2D eigenvalue weighted by atomic mass is 19.4. The summed E-state index contributed by atoms with van der Waals surface area (Å²) in [4.78, 5) is 46.4. The average molecular weight is 841 g/mol. The van der Waals surface area contributed by atoms with Crippen molar-refractivity contribution < 1.29 is 59.8 Å². The van der Waals surface area contributed by atoms with Crippen molar-refractivity contribution >= 4 is 21.9 Å². The van der Waals surface area contributed by atoms with Crippen molar-refractivity contribution in [2.24, 2.45) is 0 Å². The van der Waals surface area contributed by atoms with Gasteiger partial charge in [0.2, 0.25) is 0 Å². The van der Waals surface area contributed by atoms with Crippen LogP contribution in [-0.2, 0) is 35.0 Å². The Hall–Kier alpha value is -5.64. The van der Waals surface area contributed by atoms with Crippen molar-refractivity contribution in [1.82, 2.24) is 0 Å². The van der Waals surface area contributed by atoms with Gasteiger partial charge in [-0.25, -0.2) is 9.59 Å². The molecule has 6 aromatic rings. The second kappa shape index (κ2) is 19.2. The van der Waals surface area contributed by atoms with Gasteiger partial charge in [0.1, 0.15) is 30.5 Å². The Balaban J connectivity index is 1.04. The molecule has 0 aliphatic carbocycles. The van der Waals surface area contributed by atoms with Gasteiger partial charge in [-0.05, 0) is 85.3 Å². The Morgan fingerprint density at radius 1 is 0.550 bits per heavy atom. The maximum Gasteiger partial charge on any atom is 0.417 e. The average Bonchev–Trinajstić information content (AvgIpc) is 3.20. The third-order valence-corrected chi connectivity index (χ3v) is 9.74. The zero-order valence-electron chi connectivity index (χ0n) is 32.7. The van der Waals surface area contributed by atoms with Gasteiger partial charge in [-0.1, -0.05) is 63.8 Å². The molecule has 60 heavy (non-hydrogen) atoms. The van der Waals surface area contributed by atoms with Crippen molar-refractivity contribution in [3.63, 3.8) is 0 Å². The summed E-state index contributed by atoms with van der Waals surface area (Å²) in [5.74, 6) is 0.120. The van der Waals surface area contributed by atoms with E-state index in [2.05, 4.69) is 0 Å². The number of alkyl halides is 6. The molecule has 318 valence electrons. The predicted octanol–water partition coefficient (Wildman–Crippen LogP) is 11.4. The second-order valence-corrected chi connectivity index (χ2v) is 14.4. The summed E-state index contributed by atoms with van der Waals surface area (Å²) in [5.41, 5.74) is -3.78. The third-order valence-electron chi connectivity index (χ3n) is 9.74. The van der Waals surface area contributed by atoms with E-state index in [-0.39, 0.29) is 44.9 Å². The quantitative estimate of drug-likeness (QED) is 0.0297. The number of halogens is 6. The van der Waals surface area contributed by atoms with E-state index < -0.39 is 54.0 Å². The lowest BCUT2D eigenvalue weighted by molar-refractivity contribution is -0.257. The van der Waals surface area contributed by atoms with Crippen LogP contribution in [0, 0.1) is 0 Å². The first kappa shape index (κ1) is 43.9. The standard InChI is InChI=1S/C45H42F6O9/c1-3-5-7-9-27-11-17-34(38(19-27)44(46,47)48)36-21-29-13-15-32(23-40(29)57-42(36)53)59-55-25-31(52)26-56-60-33-16-14-30-22-37(43(54)58-41(30)24-33)35-18-12-28(10-8-6-4-2)20-39(35)45(49,50)51/h11-24,31,52H,3-10,25-26H2,1-2H3. The lowest BCUT2D eigenvalue weighted by Gasteiger charge is -2.15. The van der Waals surface area contributed by atoms with Gasteiger partial charge in [-0.3, -0.25) is 0 Å². The van der Waals surface area contributed by atoms with Crippen LogP contribution in [0.2, 0.25) is 0 Å². The smallest absolute Gasteiger partial charge is 0.417 e. The molecule has 4 aromatic carbocycles. The molecule has 0 saturated carbocycles. The first-order valence-corrected chi connectivity index (χ1v) is 19.5. The summed E-state index contributed by atoms with van der Waals surface area (Å²) >= 11 is 0. The monoisotopic (exact) mass is 840 g/mol. The Bertz CT molecular complexity index is 2370. The Morgan fingerprint density at radius 3 is 1.35 bits per heavy atom. The molecule has 0 atom stereocenters. The highest BCUT2D eigenvalue weighted by molar-refractivity contribution is 5.84. The molecular formula is C45H42F6O9. The molecule has 0 saturated heterocycles. The Morgan fingerprint density at radius 2 is 0.967 bits per heavy atom. The molecule has 0 bridgehead atoms. The van der Waals surface area contributed by atoms with E-state index in [1.54, 1.807) is 12.1 Å². The number of benzene rings is 4. The van der Waals surface area contributed by atoms with E-state index in [9.17, 15) is 41.0 Å². The molecule has 0 aliphatic rings. The first-order valence-electron chi connectivity index (χ1n) is 19.5. The number of unbranched alkanes of at least 4 members (excludes halogenated alkanes) is 4. The summed E-state index contributed by atoms with van der Waals surface area (Å²) < 4.78 is 95.2. The van der Waals surface area contributed by atoms with E-state index in [4.69, 9.17) is 28.4 Å². The van der Waals surface area contributed by atoms with Gasteiger partial charge in [0.15, 0.2) is 11.5 Å². The van der Waals surface area contributed by atoms with E-state index in [0.717, 1.165) is 50.7 Å². The Kier molecular flexibility index (Phi) is 14.0. The summed E-state index contributed by atoms with van der Waals surface area (Å²) in [6, 6.07) is 18.9. The molecular weight excluding hydrogens is 798 g/mol. The van der Waals surface area contributed by atoms with Crippen LogP contribution < -0.4 is 21.0 Å². The van der Waals surface area contributed by atoms with Crippen molar-refractivity contribution in [3.05, 3.63) is 128 Å².